The Morgan fingerprint density at radius 2 is 1.76 bits per heavy atom. The summed E-state index contributed by atoms with van der Waals surface area (Å²) in [6.07, 6.45) is 9.28. The van der Waals surface area contributed by atoms with E-state index in [1.807, 2.05) is 12.4 Å². The number of hydrogen-bond donors (Lipinski definition) is 1. The van der Waals surface area contributed by atoms with Crippen LogP contribution in [0.4, 0.5) is 5.82 Å². The highest BCUT2D eigenvalue weighted by Gasteiger charge is 2.13. The van der Waals surface area contributed by atoms with Gasteiger partial charge in [-0.3, -0.25) is 0 Å². The molecule has 29 heavy (non-hydrogen) atoms. The molecule has 3 heterocycles. The molecule has 0 saturated carbocycles. The highest BCUT2D eigenvalue weighted by atomic mass is 32.2. The van der Waals surface area contributed by atoms with Gasteiger partial charge in [0.25, 0.3) is 0 Å². The molecule has 0 radical (unpaired) electrons. The van der Waals surface area contributed by atoms with E-state index in [-0.39, 0.29) is 0 Å². The molecule has 1 fully saturated rings. The van der Waals surface area contributed by atoms with Crippen LogP contribution in [0.15, 0.2) is 41.8 Å². The number of benzene rings is 1. The van der Waals surface area contributed by atoms with Crippen LogP contribution < -0.4 is 5.73 Å². The lowest BCUT2D eigenvalue weighted by Crippen LogP contribution is -2.30. The van der Waals surface area contributed by atoms with Crippen LogP contribution in [-0.2, 0) is 13.0 Å². The smallest absolute Gasteiger partial charge is 0.191 e. The van der Waals surface area contributed by atoms with Gasteiger partial charge in [-0.25, -0.2) is 15.0 Å². The van der Waals surface area contributed by atoms with Crippen molar-refractivity contribution < 1.29 is 0 Å². The fraction of sp³-hybridized carbons (Fsp3) is 0.500. The van der Waals surface area contributed by atoms with Gasteiger partial charge in [0, 0.05) is 12.3 Å². The topological polar surface area (TPSA) is 72.9 Å². The molecule has 0 spiro atoms. The van der Waals surface area contributed by atoms with Crippen molar-refractivity contribution >= 4 is 28.7 Å². The van der Waals surface area contributed by atoms with E-state index in [2.05, 4.69) is 43.7 Å². The second-order valence-electron chi connectivity index (χ2n) is 7.70. The minimum Gasteiger partial charge on any atom is -0.382 e. The molecule has 0 unspecified atom stereocenters. The molecule has 1 aromatic carbocycles. The van der Waals surface area contributed by atoms with E-state index in [1.54, 1.807) is 11.8 Å². The van der Waals surface area contributed by atoms with Crippen LogP contribution >= 0.6 is 11.8 Å². The summed E-state index contributed by atoms with van der Waals surface area (Å²) in [7, 11) is 0. The van der Waals surface area contributed by atoms with Crippen molar-refractivity contribution in [2.75, 3.05) is 31.1 Å². The Morgan fingerprint density at radius 3 is 2.59 bits per heavy atom. The van der Waals surface area contributed by atoms with Gasteiger partial charge in [0.1, 0.15) is 5.52 Å². The summed E-state index contributed by atoms with van der Waals surface area (Å²) in [5.74, 6) is 1.41. The maximum atomic E-state index is 6.16. The fourth-order valence-corrected chi connectivity index (χ4v) is 4.71. The van der Waals surface area contributed by atoms with Crippen molar-refractivity contribution in [3.63, 3.8) is 0 Å². The summed E-state index contributed by atoms with van der Waals surface area (Å²) >= 11 is 1.65. The molecular formula is C22H30N6S. The van der Waals surface area contributed by atoms with Crippen LogP contribution in [0, 0.1) is 0 Å². The highest BCUT2D eigenvalue weighted by Crippen LogP contribution is 2.22. The van der Waals surface area contributed by atoms with Crippen LogP contribution in [0.1, 0.15) is 37.7 Å². The first kappa shape index (κ1) is 20.2. The number of piperidine rings is 1. The van der Waals surface area contributed by atoms with Gasteiger partial charge in [-0.05, 0) is 57.3 Å². The van der Waals surface area contributed by atoms with E-state index in [0.29, 0.717) is 11.3 Å². The van der Waals surface area contributed by atoms with Crippen molar-refractivity contribution in [1.29, 1.82) is 0 Å². The molecule has 2 N–H and O–H groups in total. The Morgan fingerprint density at radius 1 is 0.966 bits per heavy atom. The number of rotatable bonds is 9. The minimum atomic E-state index is 0.476. The van der Waals surface area contributed by atoms with Gasteiger partial charge < -0.3 is 15.2 Å². The predicted octanol–water partition coefficient (Wildman–Crippen LogP) is 4.01. The molecule has 0 atom stereocenters. The number of imidazole rings is 1. The Balaban J connectivity index is 1.33. The van der Waals surface area contributed by atoms with Crippen molar-refractivity contribution in [3.8, 4) is 0 Å². The van der Waals surface area contributed by atoms with Crippen LogP contribution in [0.3, 0.4) is 0 Å². The number of unbranched alkanes of at least 4 members (excludes halogenated alkanes) is 1. The molecule has 6 nitrogen and oxygen atoms in total. The molecular weight excluding hydrogens is 380 g/mol. The number of thioether (sulfide) groups is 1. The van der Waals surface area contributed by atoms with Crippen molar-refractivity contribution in [2.45, 2.75) is 50.2 Å². The van der Waals surface area contributed by atoms with E-state index in [1.165, 1.54) is 50.9 Å². The molecule has 1 aliphatic heterocycles. The van der Waals surface area contributed by atoms with Gasteiger partial charge in [-0.1, -0.05) is 48.5 Å². The lowest BCUT2D eigenvalue weighted by Gasteiger charge is -2.26. The number of hydrogen-bond acceptors (Lipinski definition) is 6. The number of nitrogens with two attached hydrogens (primary N) is 1. The van der Waals surface area contributed by atoms with E-state index in [0.717, 1.165) is 35.9 Å². The number of anilines is 1. The second kappa shape index (κ2) is 10.1. The van der Waals surface area contributed by atoms with E-state index in [4.69, 9.17) is 10.7 Å². The van der Waals surface area contributed by atoms with Gasteiger partial charge in [-0.2, -0.15) is 0 Å². The summed E-state index contributed by atoms with van der Waals surface area (Å²) in [5, 5.41) is 0.737. The lowest BCUT2D eigenvalue weighted by molar-refractivity contribution is 0.223. The standard InChI is InChI=1S/C22H30N6S/c23-20-19-21(26-22(25-20)29-16-11-18-9-3-1-4-10-18)28(17-24-19)15-8-7-14-27-12-5-2-6-13-27/h1,3-4,9-10,17H,2,5-8,11-16H2,(H2,23,25,26). The van der Waals surface area contributed by atoms with Gasteiger partial charge in [0.15, 0.2) is 16.6 Å². The number of nitrogens with zero attached hydrogens (tertiary/aromatic N) is 5. The average Bonchev–Trinajstić information content (AvgIpc) is 3.16. The summed E-state index contributed by atoms with van der Waals surface area (Å²) in [5.41, 5.74) is 9.06. The zero-order valence-electron chi connectivity index (χ0n) is 17.0. The SMILES string of the molecule is Nc1nc(SCCc2ccccc2)nc2c1ncn2CCCCN1CCCCC1. The summed E-state index contributed by atoms with van der Waals surface area (Å²) in [4.78, 5) is 16.3. The Labute approximate surface area is 176 Å². The molecule has 4 rings (SSSR count). The number of fused-ring (bicyclic) bond motifs is 1. The quantitative estimate of drug-likeness (QED) is 0.326. The number of likely N-dealkylation sites (tertiary alicyclic amines) is 1. The summed E-state index contributed by atoms with van der Waals surface area (Å²) < 4.78 is 2.13. The zero-order valence-corrected chi connectivity index (χ0v) is 17.8. The molecule has 1 aliphatic rings. The first-order valence-corrected chi connectivity index (χ1v) is 11.7. The van der Waals surface area contributed by atoms with Gasteiger partial charge >= 0.3 is 0 Å². The Hall–Kier alpha value is -2.12. The van der Waals surface area contributed by atoms with E-state index < -0.39 is 0 Å². The second-order valence-corrected chi connectivity index (χ2v) is 8.76. The van der Waals surface area contributed by atoms with Crippen LogP contribution in [0.25, 0.3) is 11.2 Å². The Bertz CT molecular complexity index is 904. The number of nitrogen functional groups attached to an aromatic ring is 1. The Kier molecular flexibility index (Phi) is 7.00. The molecule has 2 aromatic heterocycles. The largest absolute Gasteiger partial charge is 0.382 e. The molecule has 3 aromatic rings. The third kappa shape index (κ3) is 5.48. The van der Waals surface area contributed by atoms with Gasteiger partial charge in [0.05, 0.1) is 6.33 Å². The van der Waals surface area contributed by atoms with E-state index in [9.17, 15) is 0 Å². The fourth-order valence-electron chi connectivity index (χ4n) is 3.88. The first-order valence-electron chi connectivity index (χ1n) is 10.7. The third-order valence-corrected chi connectivity index (χ3v) is 6.36. The summed E-state index contributed by atoms with van der Waals surface area (Å²) in [6.45, 7) is 4.65. The highest BCUT2D eigenvalue weighted by molar-refractivity contribution is 7.99. The van der Waals surface area contributed by atoms with Crippen LogP contribution in [0.5, 0.6) is 0 Å². The lowest BCUT2D eigenvalue weighted by atomic mass is 10.1. The average molecular weight is 411 g/mol. The normalized spacial score (nSPS) is 15.2. The van der Waals surface area contributed by atoms with Crippen molar-refractivity contribution in [3.05, 3.63) is 42.2 Å². The third-order valence-electron chi connectivity index (χ3n) is 5.51. The molecule has 154 valence electrons. The molecule has 0 aliphatic carbocycles. The first-order chi connectivity index (χ1) is 14.3. The number of aromatic nitrogens is 4. The van der Waals surface area contributed by atoms with Crippen molar-refractivity contribution in [1.82, 2.24) is 24.4 Å². The maximum absolute atomic E-state index is 6.16. The monoisotopic (exact) mass is 410 g/mol. The number of aryl methyl sites for hydroxylation is 2. The summed E-state index contributed by atoms with van der Waals surface area (Å²) in [6, 6.07) is 10.5. The molecule has 0 amide bonds. The molecule has 7 heteroatoms. The minimum absolute atomic E-state index is 0.476. The molecule has 0 bridgehead atoms. The van der Waals surface area contributed by atoms with Gasteiger partial charge in [-0.15, -0.1) is 0 Å². The van der Waals surface area contributed by atoms with Crippen molar-refractivity contribution in [2.24, 2.45) is 0 Å². The zero-order chi connectivity index (χ0) is 19.9. The van der Waals surface area contributed by atoms with Gasteiger partial charge in [0.2, 0.25) is 0 Å². The molecule has 1 saturated heterocycles. The van der Waals surface area contributed by atoms with Crippen LogP contribution in [0.2, 0.25) is 0 Å². The van der Waals surface area contributed by atoms with Crippen LogP contribution in [-0.4, -0.2) is 49.8 Å². The predicted molar refractivity (Wildman–Crippen MR) is 120 cm³/mol. The maximum Gasteiger partial charge on any atom is 0.191 e. The van der Waals surface area contributed by atoms with E-state index >= 15 is 0 Å².